The normalized spacial score (nSPS) is 23.2. The quantitative estimate of drug-likeness (QED) is 0.910. The molecule has 0 aliphatic carbocycles. The van der Waals surface area contributed by atoms with Crippen LogP contribution in [0.15, 0.2) is 10.6 Å². The van der Waals surface area contributed by atoms with Gasteiger partial charge in [-0.1, -0.05) is 5.16 Å². The molecule has 19 heavy (non-hydrogen) atoms. The average molecular weight is 280 g/mol. The Kier molecular flexibility index (Phi) is 3.24. The Morgan fingerprint density at radius 2 is 2.32 bits per heavy atom. The molecular formula is C12H16N4O2S. The van der Waals surface area contributed by atoms with Crippen molar-refractivity contribution in [3.63, 3.8) is 0 Å². The van der Waals surface area contributed by atoms with Gasteiger partial charge < -0.3 is 14.5 Å². The minimum atomic E-state index is -0.366. The van der Waals surface area contributed by atoms with Crippen LogP contribution in [0.5, 0.6) is 0 Å². The summed E-state index contributed by atoms with van der Waals surface area (Å²) in [4.78, 5) is 6.45. The number of hydrogen-bond acceptors (Lipinski definition) is 7. The number of nitrogens with zero attached hydrogens (tertiary/aromatic N) is 4. The van der Waals surface area contributed by atoms with Gasteiger partial charge in [0.05, 0.1) is 11.8 Å². The second-order valence-electron chi connectivity index (χ2n) is 5.00. The SMILES string of the molecule is Cc1cc(C[C@@H]2CN(c3nc(C)ns3)C[C@H]2O)on1. The second-order valence-corrected chi connectivity index (χ2v) is 5.73. The van der Waals surface area contributed by atoms with Gasteiger partial charge in [-0.05, 0) is 13.8 Å². The third kappa shape index (κ3) is 2.62. The van der Waals surface area contributed by atoms with Crippen LogP contribution in [0.2, 0.25) is 0 Å². The molecule has 2 atom stereocenters. The Balaban J connectivity index is 1.68. The molecule has 7 heteroatoms. The smallest absolute Gasteiger partial charge is 0.205 e. The Bertz CT molecular complexity index is 568. The first-order valence-corrected chi connectivity index (χ1v) is 7.04. The lowest BCUT2D eigenvalue weighted by atomic mass is 10.0. The molecule has 0 radical (unpaired) electrons. The first kappa shape index (κ1) is 12.6. The zero-order valence-corrected chi connectivity index (χ0v) is 11.7. The van der Waals surface area contributed by atoms with Crippen molar-refractivity contribution in [2.45, 2.75) is 26.4 Å². The Labute approximate surface area is 115 Å². The number of β-amino-alcohol motifs (C(OH)–C–C–N with tert-alkyl or cyclic N) is 1. The highest BCUT2D eigenvalue weighted by atomic mass is 32.1. The van der Waals surface area contributed by atoms with Gasteiger partial charge >= 0.3 is 0 Å². The number of aliphatic hydroxyl groups excluding tert-OH is 1. The van der Waals surface area contributed by atoms with Crippen LogP contribution in [-0.2, 0) is 6.42 Å². The minimum absolute atomic E-state index is 0.150. The molecule has 1 fully saturated rings. The van der Waals surface area contributed by atoms with E-state index in [0.717, 1.165) is 29.0 Å². The topological polar surface area (TPSA) is 75.3 Å². The maximum absolute atomic E-state index is 10.1. The van der Waals surface area contributed by atoms with Crippen LogP contribution < -0.4 is 4.90 Å². The molecule has 0 unspecified atom stereocenters. The number of aryl methyl sites for hydroxylation is 2. The first-order chi connectivity index (χ1) is 9.11. The maximum Gasteiger partial charge on any atom is 0.205 e. The molecule has 1 aliphatic heterocycles. The molecule has 0 saturated carbocycles. The van der Waals surface area contributed by atoms with Crippen LogP contribution in [0.1, 0.15) is 17.3 Å². The predicted molar refractivity (Wildman–Crippen MR) is 71.3 cm³/mol. The fourth-order valence-electron chi connectivity index (χ4n) is 2.40. The number of hydrogen-bond donors (Lipinski definition) is 1. The zero-order valence-electron chi connectivity index (χ0n) is 10.9. The number of rotatable bonds is 3. The highest BCUT2D eigenvalue weighted by Gasteiger charge is 2.33. The number of aliphatic hydroxyl groups is 1. The van der Waals surface area contributed by atoms with E-state index in [9.17, 15) is 5.11 Å². The first-order valence-electron chi connectivity index (χ1n) is 6.27. The monoisotopic (exact) mass is 280 g/mol. The number of anilines is 1. The van der Waals surface area contributed by atoms with E-state index >= 15 is 0 Å². The molecule has 3 heterocycles. The molecule has 0 spiro atoms. The van der Waals surface area contributed by atoms with Crippen LogP contribution >= 0.6 is 11.5 Å². The van der Waals surface area contributed by atoms with Crippen LogP contribution in [0.4, 0.5) is 5.13 Å². The van der Waals surface area contributed by atoms with Crippen molar-refractivity contribution in [3.05, 3.63) is 23.3 Å². The fourth-order valence-corrected chi connectivity index (χ4v) is 3.09. The van der Waals surface area contributed by atoms with E-state index in [2.05, 4.69) is 19.4 Å². The summed E-state index contributed by atoms with van der Waals surface area (Å²) in [6, 6.07) is 1.92. The Morgan fingerprint density at radius 1 is 1.47 bits per heavy atom. The molecule has 0 amide bonds. The third-order valence-corrected chi connectivity index (χ3v) is 4.20. The maximum atomic E-state index is 10.1. The highest BCUT2D eigenvalue weighted by Crippen LogP contribution is 2.27. The van der Waals surface area contributed by atoms with E-state index < -0.39 is 0 Å². The van der Waals surface area contributed by atoms with Gasteiger partial charge in [-0.15, -0.1) is 0 Å². The van der Waals surface area contributed by atoms with E-state index in [-0.39, 0.29) is 12.0 Å². The molecule has 6 nitrogen and oxygen atoms in total. The third-order valence-electron chi connectivity index (χ3n) is 3.33. The molecule has 0 bridgehead atoms. The zero-order chi connectivity index (χ0) is 13.4. The molecule has 1 N–H and O–H groups in total. The minimum Gasteiger partial charge on any atom is -0.391 e. The van der Waals surface area contributed by atoms with E-state index in [1.807, 2.05) is 19.9 Å². The van der Waals surface area contributed by atoms with Crippen molar-refractivity contribution >= 4 is 16.7 Å². The van der Waals surface area contributed by atoms with E-state index in [1.54, 1.807) is 0 Å². The Morgan fingerprint density at radius 3 is 2.95 bits per heavy atom. The lowest BCUT2D eigenvalue weighted by molar-refractivity contribution is 0.143. The average Bonchev–Trinajstić information content (AvgIpc) is 3.03. The Hall–Kier alpha value is -1.47. The van der Waals surface area contributed by atoms with Crippen molar-refractivity contribution in [2.75, 3.05) is 18.0 Å². The van der Waals surface area contributed by atoms with Gasteiger partial charge in [-0.3, -0.25) is 0 Å². The van der Waals surface area contributed by atoms with E-state index in [1.165, 1.54) is 11.5 Å². The van der Waals surface area contributed by atoms with Crippen molar-refractivity contribution in [2.24, 2.45) is 5.92 Å². The van der Waals surface area contributed by atoms with Crippen molar-refractivity contribution in [1.29, 1.82) is 0 Å². The van der Waals surface area contributed by atoms with Gasteiger partial charge in [-0.25, -0.2) is 4.98 Å². The summed E-state index contributed by atoms with van der Waals surface area (Å²) in [6.45, 7) is 5.15. The summed E-state index contributed by atoms with van der Waals surface area (Å²) < 4.78 is 9.39. The van der Waals surface area contributed by atoms with Gasteiger partial charge in [0.15, 0.2) is 0 Å². The fraction of sp³-hybridized carbons (Fsp3) is 0.583. The van der Waals surface area contributed by atoms with Gasteiger partial charge in [0.25, 0.3) is 0 Å². The van der Waals surface area contributed by atoms with E-state index in [0.29, 0.717) is 13.0 Å². The lowest BCUT2D eigenvalue weighted by Crippen LogP contribution is -2.20. The summed E-state index contributed by atoms with van der Waals surface area (Å²) in [5, 5.41) is 14.9. The number of aromatic nitrogens is 3. The molecule has 3 rings (SSSR count). The van der Waals surface area contributed by atoms with Crippen LogP contribution in [0.3, 0.4) is 0 Å². The molecule has 1 aliphatic rings. The van der Waals surface area contributed by atoms with E-state index in [4.69, 9.17) is 4.52 Å². The van der Waals surface area contributed by atoms with Gasteiger partial charge in [0.1, 0.15) is 11.6 Å². The lowest BCUT2D eigenvalue weighted by Gasteiger charge is -2.12. The van der Waals surface area contributed by atoms with Crippen molar-refractivity contribution in [3.8, 4) is 0 Å². The molecule has 2 aromatic rings. The van der Waals surface area contributed by atoms with Crippen LogP contribution in [0, 0.1) is 19.8 Å². The highest BCUT2D eigenvalue weighted by molar-refractivity contribution is 7.09. The van der Waals surface area contributed by atoms with Crippen molar-refractivity contribution < 1.29 is 9.63 Å². The summed E-state index contributed by atoms with van der Waals surface area (Å²) in [5.74, 6) is 1.76. The van der Waals surface area contributed by atoms with Crippen LogP contribution in [-0.4, -0.2) is 38.8 Å². The largest absolute Gasteiger partial charge is 0.391 e. The molecule has 0 aromatic carbocycles. The van der Waals surface area contributed by atoms with Gasteiger partial charge in [-0.2, -0.15) is 4.37 Å². The molecule has 1 saturated heterocycles. The van der Waals surface area contributed by atoms with Crippen molar-refractivity contribution in [1.82, 2.24) is 14.5 Å². The standard InChI is InChI=1S/C12H16N4O2S/c1-7-3-10(18-14-7)4-9-5-16(6-11(9)17)12-13-8(2)15-19-12/h3,9,11,17H,4-6H2,1-2H3/t9-,11-/m1/s1. The summed E-state index contributed by atoms with van der Waals surface area (Å²) >= 11 is 1.38. The van der Waals surface area contributed by atoms with Crippen LogP contribution in [0.25, 0.3) is 0 Å². The second kappa shape index (κ2) is 4.90. The molecule has 2 aromatic heterocycles. The summed E-state index contributed by atoms with van der Waals surface area (Å²) in [5.41, 5.74) is 0.874. The van der Waals surface area contributed by atoms with Gasteiger partial charge in [0, 0.05) is 43.0 Å². The van der Waals surface area contributed by atoms with Gasteiger partial charge in [0.2, 0.25) is 5.13 Å². The summed E-state index contributed by atoms with van der Waals surface area (Å²) in [7, 11) is 0. The summed E-state index contributed by atoms with van der Waals surface area (Å²) in [6.07, 6.45) is 0.339. The molecule has 102 valence electrons. The predicted octanol–water partition coefficient (Wildman–Crippen LogP) is 1.18. The molecular weight excluding hydrogens is 264 g/mol.